The predicted molar refractivity (Wildman–Crippen MR) is 86.2 cm³/mol. The second-order valence-electron chi connectivity index (χ2n) is 5.44. The third-order valence-electron chi connectivity index (χ3n) is 3.80. The molecule has 0 saturated carbocycles. The fraction of sp³-hybridized carbons (Fsp3) is 0.316. The number of carboxylic acid groups (broad SMARTS) is 1. The molecule has 0 heterocycles. The minimum atomic E-state index is -0.685. The molecular formula is C19H22O2. The fourth-order valence-electron chi connectivity index (χ4n) is 2.51. The van der Waals surface area contributed by atoms with Crippen molar-refractivity contribution in [3.63, 3.8) is 0 Å². The van der Waals surface area contributed by atoms with Crippen molar-refractivity contribution >= 4 is 5.97 Å². The van der Waals surface area contributed by atoms with E-state index in [-0.39, 0.29) is 5.92 Å². The van der Waals surface area contributed by atoms with E-state index in [4.69, 9.17) is 0 Å². The summed E-state index contributed by atoms with van der Waals surface area (Å²) in [6, 6.07) is 18.4. The van der Waals surface area contributed by atoms with Crippen molar-refractivity contribution in [3.8, 4) is 11.1 Å². The average molecular weight is 282 g/mol. The Labute approximate surface area is 126 Å². The van der Waals surface area contributed by atoms with E-state index in [2.05, 4.69) is 31.2 Å². The molecule has 0 unspecified atom stereocenters. The highest BCUT2D eigenvalue weighted by atomic mass is 16.4. The molecule has 2 heteroatoms. The molecule has 0 aliphatic heterocycles. The summed E-state index contributed by atoms with van der Waals surface area (Å²) in [6.45, 7) is 2.09. The normalized spacial score (nSPS) is 12.0. The highest BCUT2D eigenvalue weighted by Crippen LogP contribution is 2.21. The summed E-state index contributed by atoms with van der Waals surface area (Å²) in [5.41, 5.74) is 3.45. The average Bonchev–Trinajstić information content (AvgIpc) is 2.52. The standard InChI is InChI=1S/C19H22O2/c1-2-3-7-18(19(20)21)14-15-10-12-17(13-11-15)16-8-5-4-6-9-16/h4-6,8-13,18H,2-3,7,14H2,1H3,(H,20,21)/t18-/m1/s1. The Morgan fingerprint density at radius 1 is 1.00 bits per heavy atom. The second-order valence-corrected chi connectivity index (χ2v) is 5.44. The van der Waals surface area contributed by atoms with Crippen LogP contribution in [0, 0.1) is 5.92 Å². The van der Waals surface area contributed by atoms with E-state index < -0.39 is 5.97 Å². The molecule has 0 spiro atoms. The van der Waals surface area contributed by atoms with Crippen molar-refractivity contribution in [3.05, 3.63) is 60.2 Å². The van der Waals surface area contributed by atoms with Crippen LogP contribution >= 0.6 is 0 Å². The van der Waals surface area contributed by atoms with Gasteiger partial charge < -0.3 is 5.11 Å². The minimum Gasteiger partial charge on any atom is -0.481 e. The van der Waals surface area contributed by atoms with Gasteiger partial charge in [0.15, 0.2) is 0 Å². The number of aliphatic carboxylic acids is 1. The van der Waals surface area contributed by atoms with Crippen LogP contribution in [0.3, 0.4) is 0 Å². The van der Waals surface area contributed by atoms with E-state index >= 15 is 0 Å². The smallest absolute Gasteiger partial charge is 0.306 e. The molecule has 2 aromatic rings. The van der Waals surface area contributed by atoms with E-state index in [1.54, 1.807) is 0 Å². The van der Waals surface area contributed by atoms with Crippen molar-refractivity contribution in [2.45, 2.75) is 32.6 Å². The quantitative estimate of drug-likeness (QED) is 0.793. The Morgan fingerprint density at radius 2 is 1.62 bits per heavy atom. The Balaban J connectivity index is 2.06. The molecule has 0 aliphatic rings. The third kappa shape index (κ3) is 4.45. The molecule has 0 saturated heterocycles. The molecule has 1 atom stereocenters. The van der Waals surface area contributed by atoms with Crippen LogP contribution < -0.4 is 0 Å². The summed E-state index contributed by atoms with van der Waals surface area (Å²) in [7, 11) is 0. The van der Waals surface area contributed by atoms with Crippen molar-refractivity contribution in [1.29, 1.82) is 0 Å². The van der Waals surface area contributed by atoms with Crippen LogP contribution in [-0.2, 0) is 11.2 Å². The molecule has 2 rings (SSSR count). The van der Waals surface area contributed by atoms with Crippen LogP contribution in [0.4, 0.5) is 0 Å². The van der Waals surface area contributed by atoms with Crippen LogP contribution in [-0.4, -0.2) is 11.1 Å². The number of unbranched alkanes of at least 4 members (excludes halogenated alkanes) is 1. The number of hydrogen-bond acceptors (Lipinski definition) is 1. The topological polar surface area (TPSA) is 37.3 Å². The highest BCUT2D eigenvalue weighted by molar-refractivity contribution is 5.70. The molecule has 110 valence electrons. The lowest BCUT2D eigenvalue weighted by atomic mass is 9.93. The van der Waals surface area contributed by atoms with Gasteiger partial charge in [-0.3, -0.25) is 4.79 Å². The van der Waals surface area contributed by atoms with Crippen molar-refractivity contribution in [1.82, 2.24) is 0 Å². The van der Waals surface area contributed by atoms with Gasteiger partial charge in [0.05, 0.1) is 5.92 Å². The third-order valence-corrected chi connectivity index (χ3v) is 3.80. The molecule has 2 aromatic carbocycles. The fourth-order valence-corrected chi connectivity index (χ4v) is 2.51. The first kappa shape index (κ1) is 15.3. The zero-order valence-electron chi connectivity index (χ0n) is 12.5. The Kier molecular flexibility index (Phi) is 5.56. The maximum Gasteiger partial charge on any atom is 0.306 e. The first-order chi connectivity index (χ1) is 10.2. The van der Waals surface area contributed by atoms with Crippen molar-refractivity contribution in [2.75, 3.05) is 0 Å². The monoisotopic (exact) mass is 282 g/mol. The summed E-state index contributed by atoms with van der Waals surface area (Å²) in [4.78, 5) is 11.3. The molecule has 0 aromatic heterocycles. The largest absolute Gasteiger partial charge is 0.481 e. The van der Waals surface area contributed by atoms with Gasteiger partial charge in [0.2, 0.25) is 0 Å². The number of benzene rings is 2. The Bertz CT molecular complexity index is 558. The molecule has 21 heavy (non-hydrogen) atoms. The SMILES string of the molecule is CCCC[C@H](Cc1ccc(-c2ccccc2)cc1)C(=O)O. The summed E-state index contributed by atoms with van der Waals surface area (Å²) < 4.78 is 0. The number of rotatable bonds is 7. The summed E-state index contributed by atoms with van der Waals surface area (Å²) in [5.74, 6) is -0.955. The first-order valence-electron chi connectivity index (χ1n) is 7.58. The van der Waals surface area contributed by atoms with Gasteiger partial charge in [-0.15, -0.1) is 0 Å². The maximum atomic E-state index is 11.3. The van der Waals surface area contributed by atoms with Gasteiger partial charge in [0, 0.05) is 0 Å². The van der Waals surface area contributed by atoms with Crippen LogP contribution in [0.15, 0.2) is 54.6 Å². The lowest BCUT2D eigenvalue weighted by Gasteiger charge is -2.12. The lowest BCUT2D eigenvalue weighted by molar-refractivity contribution is -0.141. The summed E-state index contributed by atoms with van der Waals surface area (Å²) >= 11 is 0. The van der Waals surface area contributed by atoms with Crippen molar-refractivity contribution < 1.29 is 9.90 Å². The van der Waals surface area contributed by atoms with Gasteiger partial charge in [0.25, 0.3) is 0 Å². The van der Waals surface area contributed by atoms with Crippen LogP contribution in [0.1, 0.15) is 31.7 Å². The molecular weight excluding hydrogens is 260 g/mol. The number of hydrogen-bond donors (Lipinski definition) is 1. The zero-order chi connectivity index (χ0) is 15.1. The van der Waals surface area contributed by atoms with E-state index in [0.717, 1.165) is 24.8 Å². The second kappa shape index (κ2) is 7.63. The van der Waals surface area contributed by atoms with Gasteiger partial charge in [-0.1, -0.05) is 74.4 Å². The summed E-state index contributed by atoms with van der Waals surface area (Å²) in [5, 5.41) is 9.29. The highest BCUT2D eigenvalue weighted by Gasteiger charge is 2.17. The van der Waals surface area contributed by atoms with Gasteiger partial charge >= 0.3 is 5.97 Å². The van der Waals surface area contributed by atoms with E-state index in [9.17, 15) is 9.90 Å². The van der Waals surface area contributed by atoms with Gasteiger partial charge in [-0.05, 0) is 29.5 Å². The lowest BCUT2D eigenvalue weighted by Crippen LogP contribution is -2.16. The van der Waals surface area contributed by atoms with Crippen molar-refractivity contribution in [2.24, 2.45) is 5.92 Å². The van der Waals surface area contributed by atoms with E-state index in [0.29, 0.717) is 6.42 Å². The Hall–Kier alpha value is -2.09. The van der Waals surface area contributed by atoms with Crippen LogP contribution in [0.5, 0.6) is 0 Å². The predicted octanol–water partition coefficient (Wildman–Crippen LogP) is 4.79. The van der Waals surface area contributed by atoms with Gasteiger partial charge in [0.1, 0.15) is 0 Å². The summed E-state index contributed by atoms with van der Waals surface area (Å²) in [6.07, 6.45) is 3.38. The van der Waals surface area contributed by atoms with Crippen LogP contribution in [0.2, 0.25) is 0 Å². The van der Waals surface area contributed by atoms with E-state index in [1.165, 1.54) is 11.1 Å². The van der Waals surface area contributed by atoms with Gasteiger partial charge in [-0.2, -0.15) is 0 Å². The molecule has 1 N–H and O–H groups in total. The van der Waals surface area contributed by atoms with Crippen LogP contribution in [0.25, 0.3) is 11.1 Å². The molecule has 0 aliphatic carbocycles. The van der Waals surface area contributed by atoms with Gasteiger partial charge in [-0.25, -0.2) is 0 Å². The number of carboxylic acids is 1. The molecule has 0 bridgehead atoms. The molecule has 0 fully saturated rings. The number of carbonyl (C=O) groups is 1. The Morgan fingerprint density at radius 3 is 2.19 bits per heavy atom. The first-order valence-corrected chi connectivity index (χ1v) is 7.58. The zero-order valence-corrected chi connectivity index (χ0v) is 12.5. The molecule has 2 nitrogen and oxygen atoms in total. The van der Waals surface area contributed by atoms with E-state index in [1.807, 2.05) is 30.3 Å². The molecule has 0 radical (unpaired) electrons. The maximum absolute atomic E-state index is 11.3. The minimum absolute atomic E-state index is 0.271. The molecule has 0 amide bonds.